The molecule has 0 saturated carbocycles. The van der Waals surface area contributed by atoms with Crippen LogP contribution in [0, 0.1) is 0 Å². The molecule has 1 aromatic heterocycles. The molecule has 0 spiro atoms. The molecule has 0 atom stereocenters. The number of nitrogens with zero attached hydrogens (tertiary/aromatic N) is 2. The second-order valence-electron chi connectivity index (χ2n) is 9.23. The Balaban J connectivity index is 1.51. The lowest BCUT2D eigenvalue weighted by Crippen LogP contribution is -2.30. The van der Waals surface area contributed by atoms with Crippen molar-refractivity contribution in [2.45, 2.75) is 6.42 Å². The Morgan fingerprint density at radius 1 is 0.884 bits per heavy atom. The van der Waals surface area contributed by atoms with E-state index in [0.29, 0.717) is 60.5 Å². The molecule has 3 amide bonds. The van der Waals surface area contributed by atoms with Gasteiger partial charge < -0.3 is 35.3 Å². The number of aliphatic carboxylic acids is 1. The quantitative estimate of drug-likeness (QED) is 0.193. The topological polar surface area (TPSA) is 170 Å². The van der Waals surface area contributed by atoms with Crippen molar-refractivity contribution in [2.75, 3.05) is 58.6 Å². The lowest BCUT2D eigenvalue weighted by molar-refractivity contribution is -0.138. The van der Waals surface area contributed by atoms with Crippen LogP contribution in [-0.2, 0) is 19.0 Å². The summed E-state index contributed by atoms with van der Waals surface area (Å²) < 4.78 is 16.0. The van der Waals surface area contributed by atoms with Crippen molar-refractivity contribution in [2.24, 2.45) is 5.73 Å². The van der Waals surface area contributed by atoms with Crippen molar-refractivity contribution < 1.29 is 38.5 Å². The van der Waals surface area contributed by atoms with Crippen molar-refractivity contribution >= 4 is 41.0 Å². The lowest BCUT2D eigenvalue weighted by Gasteiger charge is -2.18. The number of amides is 3. The summed E-state index contributed by atoms with van der Waals surface area (Å²) in [5.74, 6) is -2.27. The predicted octanol–water partition coefficient (Wildman–Crippen LogP) is 3.35. The number of likely N-dealkylation sites (N-methyl/N-ethyl adjacent to an activating group) is 1. The molecule has 0 aliphatic rings. The van der Waals surface area contributed by atoms with E-state index in [1.807, 2.05) is 0 Å². The van der Waals surface area contributed by atoms with Gasteiger partial charge in [0, 0.05) is 47.1 Å². The van der Waals surface area contributed by atoms with Crippen molar-refractivity contribution in [3.8, 4) is 11.3 Å². The Morgan fingerprint density at radius 3 is 2.26 bits per heavy atom. The van der Waals surface area contributed by atoms with E-state index in [1.54, 1.807) is 43.4 Å². The van der Waals surface area contributed by atoms with Crippen LogP contribution in [0.4, 0.5) is 5.69 Å². The first-order valence-electron chi connectivity index (χ1n) is 13.3. The highest BCUT2D eigenvalue weighted by atomic mass is 35.5. The summed E-state index contributed by atoms with van der Waals surface area (Å²) in [6.07, 6.45) is 1.39. The van der Waals surface area contributed by atoms with E-state index >= 15 is 0 Å². The molecule has 0 unspecified atom stereocenters. The summed E-state index contributed by atoms with van der Waals surface area (Å²) in [6, 6.07) is 14.2. The van der Waals surface area contributed by atoms with Gasteiger partial charge in [-0.2, -0.15) is 0 Å². The van der Waals surface area contributed by atoms with Gasteiger partial charge >= 0.3 is 5.97 Å². The summed E-state index contributed by atoms with van der Waals surface area (Å²) in [5.41, 5.74) is 7.54. The van der Waals surface area contributed by atoms with Crippen LogP contribution < -0.4 is 11.1 Å². The Kier molecular flexibility index (Phi) is 13.0. The van der Waals surface area contributed by atoms with E-state index in [4.69, 9.17) is 36.7 Å². The van der Waals surface area contributed by atoms with E-state index in [-0.39, 0.29) is 36.7 Å². The minimum absolute atomic E-state index is 0.0504. The molecule has 228 valence electrons. The largest absolute Gasteiger partial charge is 0.481 e. The fraction of sp³-hybridized carbons (Fsp3) is 0.300. The molecule has 4 N–H and O–H groups in total. The van der Waals surface area contributed by atoms with Crippen LogP contribution in [0.3, 0.4) is 0 Å². The van der Waals surface area contributed by atoms with Crippen molar-refractivity contribution in [3.63, 3.8) is 0 Å². The Morgan fingerprint density at radius 2 is 1.56 bits per heavy atom. The molecule has 0 aliphatic carbocycles. The standard InChI is InChI=1S/C30H33ClN4O8/c1-35(10-12-42-14-16-43-15-13-41-11-8-27(36)37)30(40)22-4-2-3-21(17-22)29(39)34-25-6-5-23(31)19-24(25)26-18-20(28(32)38)7-9-33-26/h2-7,9,17-19H,8,10-16H2,1H3,(H2,32,38)(H,34,39)(H,36,37). The second kappa shape index (κ2) is 16.9. The first kappa shape index (κ1) is 33.1. The third kappa shape index (κ3) is 10.8. The number of carbonyl (C=O) groups is 4. The highest BCUT2D eigenvalue weighted by molar-refractivity contribution is 6.31. The zero-order valence-corrected chi connectivity index (χ0v) is 24.3. The van der Waals surface area contributed by atoms with E-state index in [9.17, 15) is 19.2 Å². The van der Waals surface area contributed by atoms with Crippen molar-refractivity contribution in [1.29, 1.82) is 0 Å². The minimum atomic E-state index is -0.913. The lowest BCUT2D eigenvalue weighted by atomic mass is 10.1. The molecular weight excluding hydrogens is 580 g/mol. The van der Waals surface area contributed by atoms with Crippen molar-refractivity contribution in [1.82, 2.24) is 9.88 Å². The molecular formula is C30H33ClN4O8. The van der Waals surface area contributed by atoms with Gasteiger partial charge in [-0.3, -0.25) is 24.2 Å². The smallest absolute Gasteiger partial charge is 0.305 e. The molecule has 43 heavy (non-hydrogen) atoms. The number of pyridine rings is 1. The summed E-state index contributed by atoms with van der Waals surface area (Å²) in [7, 11) is 1.64. The van der Waals surface area contributed by atoms with Gasteiger partial charge in [0.1, 0.15) is 0 Å². The Bertz CT molecular complexity index is 1430. The zero-order valence-electron chi connectivity index (χ0n) is 23.6. The Labute approximate surface area is 253 Å². The van der Waals surface area contributed by atoms with Gasteiger partial charge in [0.15, 0.2) is 0 Å². The number of primary amides is 1. The summed E-state index contributed by atoms with van der Waals surface area (Å²) in [6.45, 7) is 2.01. The third-order valence-corrected chi connectivity index (χ3v) is 6.28. The fourth-order valence-corrected chi connectivity index (χ4v) is 3.95. The number of hydrogen-bond acceptors (Lipinski definition) is 8. The molecule has 0 fully saturated rings. The number of carboxylic acids is 1. The van der Waals surface area contributed by atoms with Crippen LogP contribution in [0.25, 0.3) is 11.3 Å². The summed E-state index contributed by atoms with van der Waals surface area (Å²) in [5, 5.41) is 11.8. The number of ether oxygens (including phenoxy) is 3. The van der Waals surface area contributed by atoms with E-state index < -0.39 is 17.8 Å². The maximum Gasteiger partial charge on any atom is 0.305 e. The third-order valence-electron chi connectivity index (χ3n) is 6.04. The van der Waals surface area contributed by atoms with E-state index in [2.05, 4.69) is 10.3 Å². The average molecular weight is 613 g/mol. The highest BCUT2D eigenvalue weighted by Gasteiger charge is 2.17. The maximum absolute atomic E-state index is 13.2. The molecule has 3 rings (SSSR count). The molecule has 0 saturated heterocycles. The van der Waals surface area contributed by atoms with Gasteiger partial charge in [-0.15, -0.1) is 0 Å². The molecule has 3 aromatic rings. The number of carbonyl (C=O) groups excluding carboxylic acids is 3. The number of hydrogen-bond donors (Lipinski definition) is 3. The molecule has 0 radical (unpaired) electrons. The van der Waals surface area contributed by atoms with Crippen LogP contribution in [0.1, 0.15) is 37.5 Å². The van der Waals surface area contributed by atoms with E-state index in [0.717, 1.165) is 0 Å². The normalized spacial score (nSPS) is 10.7. The molecule has 0 bridgehead atoms. The number of anilines is 1. The van der Waals surface area contributed by atoms with Crippen LogP contribution >= 0.6 is 11.6 Å². The highest BCUT2D eigenvalue weighted by Crippen LogP contribution is 2.30. The molecule has 1 heterocycles. The minimum Gasteiger partial charge on any atom is -0.481 e. The first-order chi connectivity index (χ1) is 20.7. The fourth-order valence-electron chi connectivity index (χ4n) is 3.78. The average Bonchev–Trinajstić information content (AvgIpc) is 3.00. The molecule has 13 heteroatoms. The van der Waals surface area contributed by atoms with Gasteiger partial charge in [0.05, 0.1) is 57.4 Å². The molecule has 12 nitrogen and oxygen atoms in total. The van der Waals surface area contributed by atoms with Crippen LogP contribution in [0.15, 0.2) is 60.8 Å². The number of aromatic nitrogens is 1. The SMILES string of the molecule is CN(CCOCCOCCOCCC(=O)O)C(=O)c1cccc(C(=O)Nc2ccc(Cl)cc2-c2cc(C(N)=O)ccn2)c1. The predicted molar refractivity (Wildman–Crippen MR) is 159 cm³/mol. The summed E-state index contributed by atoms with van der Waals surface area (Å²) in [4.78, 5) is 54.0. The monoisotopic (exact) mass is 612 g/mol. The van der Waals surface area contributed by atoms with Gasteiger partial charge in [-0.25, -0.2) is 0 Å². The molecule has 2 aromatic carbocycles. The number of nitrogens with two attached hydrogens (primary N) is 1. The Hall–Kier alpha value is -4.36. The van der Waals surface area contributed by atoms with Crippen LogP contribution in [0.2, 0.25) is 5.02 Å². The van der Waals surface area contributed by atoms with Gasteiger partial charge in [-0.1, -0.05) is 17.7 Å². The zero-order chi connectivity index (χ0) is 31.2. The number of halogens is 1. The number of rotatable bonds is 17. The van der Waals surface area contributed by atoms with Gasteiger partial charge in [0.25, 0.3) is 11.8 Å². The first-order valence-corrected chi connectivity index (χ1v) is 13.7. The number of benzene rings is 2. The van der Waals surface area contributed by atoms with Crippen LogP contribution in [-0.4, -0.2) is 91.9 Å². The van der Waals surface area contributed by atoms with E-state index in [1.165, 1.54) is 29.3 Å². The van der Waals surface area contributed by atoms with Crippen LogP contribution in [0.5, 0.6) is 0 Å². The summed E-state index contributed by atoms with van der Waals surface area (Å²) >= 11 is 6.20. The van der Waals surface area contributed by atoms with Crippen molar-refractivity contribution in [3.05, 3.63) is 82.5 Å². The maximum atomic E-state index is 13.2. The molecule has 0 aliphatic heterocycles. The van der Waals surface area contributed by atoms with Gasteiger partial charge in [-0.05, 0) is 48.5 Å². The number of carboxylic acid groups (broad SMARTS) is 1. The second-order valence-corrected chi connectivity index (χ2v) is 9.66. The van der Waals surface area contributed by atoms with Gasteiger partial charge in [0.2, 0.25) is 5.91 Å². The number of nitrogens with one attached hydrogen (secondary N) is 1.